The minimum absolute atomic E-state index is 0.0658. The zero-order valence-electron chi connectivity index (χ0n) is 11.0. The van der Waals surface area contributed by atoms with Gasteiger partial charge in [-0.2, -0.15) is 0 Å². The van der Waals surface area contributed by atoms with E-state index in [-0.39, 0.29) is 21.5 Å². The minimum Gasteiger partial charge on any atom is -0.454 e. The van der Waals surface area contributed by atoms with Crippen LogP contribution in [0.3, 0.4) is 0 Å². The van der Waals surface area contributed by atoms with E-state index in [2.05, 4.69) is 10.3 Å². The summed E-state index contributed by atoms with van der Waals surface area (Å²) in [4.78, 5) is 14.3. The molecule has 0 radical (unpaired) electrons. The largest absolute Gasteiger partial charge is 0.454 e. The molecule has 1 aromatic carbocycles. The smallest absolute Gasteiger partial charge is 0.272 e. The predicted molar refractivity (Wildman–Crippen MR) is 81.6 cm³/mol. The lowest BCUT2D eigenvalue weighted by Crippen LogP contribution is -1.99. The number of hydrogen-bond donors (Lipinski definition) is 1. The molecule has 21 heavy (non-hydrogen) atoms. The Labute approximate surface area is 130 Å². The number of benzene rings is 1. The second-order valence-corrected chi connectivity index (χ2v) is 4.82. The fourth-order valence-electron chi connectivity index (χ4n) is 1.62. The summed E-state index contributed by atoms with van der Waals surface area (Å²) >= 11 is 12.0. The molecular formula is C13H11Cl2N3O3. The number of nitrogens with zero attached hydrogens (tertiary/aromatic N) is 2. The molecule has 6 nitrogen and oxygen atoms in total. The number of pyridine rings is 1. The van der Waals surface area contributed by atoms with Crippen LogP contribution in [-0.4, -0.2) is 16.5 Å². The molecule has 0 aliphatic heterocycles. The Morgan fingerprint density at radius 2 is 2.00 bits per heavy atom. The van der Waals surface area contributed by atoms with Gasteiger partial charge < -0.3 is 10.1 Å². The number of halogens is 2. The van der Waals surface area contributed by atoms with Crippen molar-refractivity contribution in [3.05, 3.63) is 50.6 Å². The number of anilines is 1. The monoisotopic (exact) mass is 327 g/mol. The van der Waals surface area contributed by atoms with Crippen LogP contribution < -0.4 is 10.1 Å². The number of nitro benzene ring substituents is 1. The second kappa shape index (κ2) is 6.60. The maximum absolute atomic E-state index is 10.7. The van der Waals surface area contributed by atoms with E-state index in [4.69, 9.17) is 27.9 Å². The summed E-state index contributed by atoms with van der Waals surface area (Å²) in [6.45, 7) is 2.66. The SMILES string of the molecule is CCNc1cc(Oc2c(Cl)cc([N+](=O)[O-])cc2Cl)ccn1. The molecule has 0 spiro atoms. The minimum atomic E-state index is -0.572. The van der Waals surface area contributed by atoms with E-state index < -0.39 is 4.92 Å². The Balaban J connectivity index is 2.31. The summed E-state index contributed by atoms with van der Waals surface area (Å²) in [7, 11) is 0. The first-order chi connectivity index (χ1) is 10.0. The Bertz CT molecular complexity index is 656. The molecule has 0 aliphatic carbocycles. The van der Waals surface area contributed by atoms with Gasteiger partial charge in [-0.05, 0) is 13.0 Å². The Hall–Kier alpha value is -2.05. The lowest BCUT2D eigenvalue weighted by Gasteiger charge is -2.10. The molecule has 0 saturated heterocycles. The summed E-state index contributed by atoms with van der Waals surface area (Å²) in [6, 6.07) is 5.69. The maximum Gasteiger partial charge on any atom is 0.272 e. The molecule has 1 aromatic heterocycles. The van der Waals surface area contributed by atoms with Crippen molar-refractivity contribution < 1.29 is 9.66 Å². The lowest BCUT2D eigenvalue weighted by molar-refractivity contribution is -0.384. The molecule has 0 amide bonds. The molecule has 8 heteroatoms. The highest BCUT2D eigenvalue weighted by atomic mass is 35.5. The second-order valence-electron chi connectivity index (χ2n) is 4.00. The van der Waals surface area contributed by atoms with E-state index in [0.717, 1.165) is 6.54 Å². The van der Waals surface area contributed by atoms with Crippen molar-refractivity contribution in [3.8, 4) is 11.5 Å². The van der Waals surface area contributed by atoms with E-state index in [1.807, 2.05) is 6.92 Å². The van der Waals surface area contributed by atoms with Gasteiger partial charge in [0, 0.05) is 30.9 Å². The molecule has 1 heterocycles. The average molecular weight is 328 g/mol. The van der Waals surface area contributed by atoms with E-state index in [9.17, 15) is 10.1 Å². The van der Waals surface area contributed by atoms with Crippen molar-refractivity contribution in [2.24, 2.45) is 0 Å². The van der Waals surface area contributed by atoms with Gasteiger partial charge in [-0.3, -0.25) is 10.1 Å². The molecule has 1 N–H and O–H groups in total. The topological polar surface area (TPSA) is 77.3 Å². The zero-order chi connectivity index (χ0) is 15.4. The number of rotatable bonds is 5. The predicted octanol–water partition coefficient (Wildman–Crippen LogP) is 4.52. The van der Waals surface area contributed by atoms with Crippen molar-refractivity contribution in [2.45, 2.75) is 6.92 Å². The van der Waals surface area contributed by atoms with Crippen LogP contribution >= 0.6 is 23.2 Å². The van der Waals surface area contributed by atoms with Crippen LogP contribution in [0.15, 0.2) is 30.5 Å². The normalized spacial score (nSPS) is 10.2. The Morgan fingerprint density at radius 3 is 2.57 bits per heavy atom. The molecule has 0 bridgehead atoms. The van der Waals surface area contributed by atoms with Gasteiger partial charge in [0.2, 0.25) is 0 Å². The van der Waals surface area contributed by atoms with Gasteiger partial charge in [-0.25, -0.2) is 4.98 Å². The van der Waals surface area contributed by atoms with Crippen molar-refractivity contribution in [1.82, 2.24) is 4.98 Å². The van der Waals surface area contributed by atoms with E-state index in [1.54, 1.807) is 18.3 Å². The van der Waals surface area contributed by atoms with Crippen LogP contribution in [0, 0.1) is 10.1 Å². The fourth-order valence-corrected chi connectivity index (χ4v) is 2.17. The number of nitro groups is 1. The highest BCUT2D eigenvalue weighted by Crippen LogP contribution is 2.39. The summed E-state index contributed by atoms with van der Waals surface area (Å²) in [6.07, 6.45) is 1.57. The van der Waals surface area contributed by atoms with Crippen molar-refractivity contribution in [3.63, 3.8) is 0 Å². The zero-order valence-corrected chi connectivity index (χ0v) is 12.5. The van der Waals surface area contributed by atoms with Gasteiger partial charge in [-0.15, -0.1) is 0 Å². The van der Waals surface area contributed by atoms with Crippen LogP contribution in [0.4, 0.5) is 11.5 Å². The van der Waals surface area contributed by atoms with Crippen LogP contribution in [0.25, 0.3) is 0 Å². The molecule has 2 aromatic rings. The number of non-ortho nitro benzene ring substituents is 1. The Kier molecular flexibility index (Phi) is 4.82. The molecule has 0 atom stereocenters. The van der Waals surface area contributed by atoms with Crippen molar-refractivity contribution in [2.75, 3.05) is 11.9 Å². The molecule has 0 fully saturated rings. The molecular weight excluding hydrogens is 317 g/mol. The van der Waals surface area contributed by atoms with Crippen LogP contribution in [-0.2, 0) is 0 Å². The van der Waals surface area contributed by atoms with Crippen LogP contribution in [0.1, 0.15) is 6.92 Å². The van der Waals surface area contributed by atoms with Gasteiger partial charge in [0.1, 0.15) is 11.6 Å². The van der Waals surface area contributed by atoms with E-state index >= 15 is 0 Å². The number of aromatic nitrogens is 1. The van der Waals surface area contributed by atoms with Gasteiger partial charge in [0.25, 0.3) is 5.69 Å². The molecule has 0 saturated carbocycles. The summed E-state index contributed by atoms with van der Waals surface area (Å²) in [5, 5.41) is 13.9. The van der Waals surface area contributed by atoms with E-state index in [0.29, 0.717) is 11.6 Å². The molecule has 0 aliphatic rings. The van der Waals surface area contributed by atoms with Gasteiger partial charge in [0.05, 0.1) is 15.0 Å². The highest BCUT2D eigenvalue weighted by Gasteiger charge is 2.16. The Morgan fingerprint density at radius 1 is 1.33 bits per heavy atom. The van der Waals surface area contributed by atoms with E-state index in [1.165, 1.54) is 12.1 Å². The van der Waals surface area contributed by atoms with Gasteiger partial charge in [0.15, 0.2) is 5.75 Å². The van der Waals surface area contributed by atoms with Crippen LogP contribution in [0.2, 0.25) is 10.0 Å². The molecule has 2 rings (SSSR count). The molecule has 110 valence electrons. The third-order valence-electron chi connectivity index (χ3n) is 2.50. The first-order valence-electron chi connectivity index (χ1n) is 6.02. The highest BCUT2D eigenvalue weighted by molar-refractivity contribution is 6.37. The molecule has 0 unspecified atom stereocenters. The fraction of sp³-hybridized carbons (Fsp3) is 0.154. The van der Waals surface area contributed by atoms with Gasteiger partial charge in [-0.1, -0.05) is 23.2 Å². The number of nitrogens with one attached hydrogen (secondary N) is 1. The van der Waals surface area contributed by atoms with Gasteiger partial charge >= 0.3 is 0 Å². The summed E-state index contributed by atoms with van der Waals surface area (Å²) in [5.41, 5.74) is -0.194. The number of ether oxygens (including phenoxy) is 1. The third-order valence-corrected chi connectivity index (χ3v) is 3.06. The van der Waals surface area contributed by atoms with Crippen molar-refractivity contribution in [1.29, 1.82) is 0 Å². The van der Waals surface area contributed by atoms with Crippen LogP contribution in [0.5, 0.6) is 11.5 Å². The summed E-state index contributed by atoms with van der Waals surface area (Å²) < 4.78 is 5.60. The first kappa shape index (κ1) is 15.3. The summed E-state index contributed by atoms with van der Waals surface area (Å²) in [5.74, 6) is 1.28. The van der Waals surface area contributed by atoms with Crippen molar-refractivity contribution >= 4 is 34.7 Å². The third kappa shape index (κ3) is 3.74. The number of hydrogen-bond acceptors (Lipinski definition) is 5. The standard InChI is InChI=1S/C13H11Cl2N3O3/c1-2-16-12-7-9(3-4-17-12)21-13-10(14)5-8(18(19)20)6-11(13)15/h3-7H,2H2,1H3,(H,16,17). The maximum atomic E-state index is 10.7. The quantitative estimate of drug-likeness (QED) is 0.645. The lowest BCUT2D eigenvalue weighted by atomic mass is 10.3. The first-order valence-corrected chi connectivity index (χ1v) is 6.78. The average Bonchev–Trinajstić information content (AvgIpc) is 2.43.